The van der Waals surface area contributed by atoms with Crippen molar-refractivity contribution in [3.63, 3.8) is 0 Å². The van der Waals surface area contributed by atoms with Crippen molar-refractivity contribution in [1.29, 1.82) is 0 Å². The van der Waals surface area contributed by atoms with Crippen LogP contribution < -0.4 is 11.1 Å². The molecule has 0 radical (unpaired) electrons. The molecule has 3 N–H and O–H groups in total. The monoisotopic (exact) mass is 229 g/mol. The van der Waals surface area contributed by atoms with Gasteiger partial charge in [-0.1, -0.05) is 12.1 Å². The first-order valence-corrected chi connectivity index (χ1v) is 5.90. The molecule has 17 heavy (non-hydrogen) atoms. The standard InChI is InChI=1S/C13H15N3O/c14-8-9-2-3-10-7-12-13(17)15-4-1-5-16(12)11(10)6-9/h2-3,6-7H,1,4-5,8,14H2,(H,15,17). The Morgan fingerprint density at radius 1 is 1.35 bits per heavy atom. The van der Waals surface area contributed by atoms with Crippen LogP contribution in [0.3, 0.4) is 0 Å². The zero-order valence-corrected chi connectivity index (χ0v) is 9.57. The van der Waals surface area contributed by atoms with E-state index in [2.05, 4.69) is 16.0 Å². The second-order valence-electron chi connectivity index (χ2n) is 4.39. The molecule has 0 unspecified atom stereocenters. The summed E-state index contributed by atoms with van der Waals surface area (Å²) >= 11 is 0. The zero-order chi connectivity index (χ0) is 11.8. The second-order valence-corrected chi connectivity index (χ2v) is 4.39. The van der Waals surface area contributed by atoms with Gasteiger partial charge >= 0.3 is 0 Å². The van der Waals surface area contributed by atoms with Gasteiger partial charge in [-0.15, -0.1) is 0 Å². The van der Waals surface area contributed by atoms with Crippen LogP contribution in [0.15, 0.2) is 24.3 Å². The molecule has 88 valence electrons. The van der Waals surface area contributed by atoms with Crippen LogP contribution in [0, 0.1) is 0 Å². The number of amides is 1. The van der Waals surface area contributed by atoms with Crippen molar-refractivity contribution in [2.45, 2.75) is 19.5 Å². The number of nitrogens with two attached hydrogens (primary N) is 1. The van der Waals surface area contributed by atoms with Crippen molar-refractivity contribution >= 4 is 16.8 Å². The summed E-state index contributed by atoms with van der Waals surface area (Å²) in [5.41, 5.74) is 8.62. The molecule has 0 aliphatic carbocycles. The fraction of sp³-hybridized carbons (Fsp3) is 0.308. The first-order valence-electron chi connectivity index (χ1n) is 5.90. The van der Waals surface area contributed by atoms with E-state index in [-0.39, 0.29) is 5.91 Å². The van der Waals surface area contributed by atoms with Gasteiger partial charge in [0.2, 0.25) is 0 Å². The number of aryl methyl sites for hydroxylation is 1. The molecule has 0 spiro atoms. The van der Waals surface area contributed by atoms with Crippen LogP contribution in [0.5, 0.6) is 0 Å². The number of nitrogens with one attached hydrogen (secondary N) is 1. The highest BCUT2D eigenvalue weighted by molar-refractivity contribution is 5.99. The minimum absolute atomic E-state index is 0.0213. The molecule has 4 nitrogen and oxygen atoms in total. The van der Waals surface area contributed by atoms with Crippen LogP contribution in [0.2, 0.25) is 0 Å². The van der Waals surface area contributed by atoms with E-state index in [4.69, 9.17) is 5.73 Å². The Bertz CT molecular complexity index is 586. The first-order chi connectivity index (χ1) is 8.29. The van der Waals surface area contributed by atoms with Gasteiger partial charge in [-0.25, -0.2) is 0 Å². The molecule has 3 rings (SSSR count). The number of fused-ring (bicyclic) bond motifs is 3. The fourth-order valence-corrected chi connectivity index (χ4v) is 2.39. The Balaban J connectivity index is 2.25. The van der Waals surface area contributed by atoms with Gasteiger partial charge in [-0.2, -0.15) is 0 Å². The smallest absolute Gasteiger partial charge is 0.267 e. The Hall–Kier alpha value is -1.81. The summed E-state index contributed by atoms with van der Waals surface area (Å²) in [6.45, 7) is 2.16. The molecule has 2 heterocycles. The van der Waals surface area contributed by atoms with Gasteiger partial charge in [0.1, 0.15) is 5.69 Å². The van der Waals surface area contributed by atoms with Gasteiger partial charge in [-0.3, -0.25) is 4.79 Å². The van der Waals surface area contributed by atoms with E-state index in [1.54, 1.807) is 0 Å². The van der Waals surface area contributed by atoms with E-state index in [9.17, 15) is 4.79 Å². The summed E-state index contributed by atoms with van der Waals surface area (Å²) in [4.78, 5) is 11.9. The number of benzene rings is 1. The van der Waals surface area contributed by atoms with E-state index < -0.39 is 0 Å². The fourth-order valence-electron chi connectivity index (χ4n) is 2.39. The number of hydrogen-bond donors (Lipinski definition) is 2. The predicted octanol–water partition coefficient (Wildman–Crippen LogP) is 1.23. The maximum absolute atomic E-state index is 11.9. The van der Waals surface area contributed by atoms with Crippen molar-refractivity contribution in [3.8, 4) is 0 Å². The third-order valence-electron chi connectivity index (χ3n) is 3.28. The Labute approximate surface area is 99.4 Å². The molecule has 4 heteroatoms. The van der Waals surface area contributed by atoms with Gasteiger partial charge in [-0.05, 0) is 24.1 Å². The molecular weight excluding hydrogens is 214 g/mol. The third kappa shape index (κ3) is 1.61. The summed E-state index contributed by atoms with van der Waals surface area (Å²) in [5, 5.41) is 4.01. The number of rotatable bonds is 1. The number of nitrogens with zero attached hydrogens (tertiary/aromatic N) is 1. The summed E-state index contributed by atoms with van der Waals surface area (Å²) < 4.78 is 2.09. The van der Waals surface area contributed by atoms with Crippen LogP contribution in [0.25, 0.3) is 10.9 Å². The third-order valence-corrected chi connectivity index (χ3v) is 3.28. The Morgan fingerprint density at radius 2 is 2.24 bits per heavy atom. The SMILES string of the molecule is NCc1ccc2cc3n(c2c1)CCCNC3=O. The van der Waals surface area contributed by atoms with Gasteiger partial charge in [0.15, 0.2) is 0 Å². The van der Waals surface area contributed by atoms with E-state index in [0.717, 1.165) is 41.7 Å². The molecule has 1 aliphatic rings. The molecule has 0 atom stereocenters. The van der Waals surface area contributed by atoms with Crippen molar-refractivity contribution in [2.24, 2.45) is 5.73 Å². The molecule has 0 fully saturated rings. The normalized spacial score (nSPS) is 15.5. The number of carbonyl (C=O) groups excluding carboxylic acids is 1. The van der Waals surface area contributed by atoms with Crippen LogP contribution in [0.4, 0.5) is 0 Å². The van der Waals surface area contributed by atoms with Crippen LogP contribution in [0.1, 0.15) is 22.5 Å². The van der Waals surface area contributed by atoms with Crippen LogP contribution in [-0.2, 0) is 13.1 Å². The van der Waals surface area contributed by atoms with Gasteiger partial charge in [0.05, 0.1) is 0 Å². The predicted molar refractivity (Wildman–Crippen MR) is 66.8 cm³/mol. The van der Waals surface area contributed by atoms with Crippen molar-refractivity contribution in [1.82, 2.24) is 9.88 Å². The highest BCUT2D eigenvalue weighted by Crippen LogP contribution is 2.23. The van der Waals surface area contributed by atoms with Crippen LogP contribution in [-0.4, -0.2) is 17.0 Å². The molecular formula is C13H15N3O. The summed E-state index contributed by atoms with van der Waals surface area (Å²) in [7, 11) is 0. The van der Waals surface area contributed by atoms with Crippen molar-refractivity contribution in [2.75, 3.05) is 6.54 Å². The molecule has 0 saturated carbocycles. The zero-order valence-electron chi connectivity index (χ0n) is 9.57. The topological polar surface area (TPSA) is 60.0 Å². The second kappa shape index (κ2) is 3.89. The molecule has 1 aromatic heterocycles. The largest absolute Gasteiger partial charge is 0.351 e. The van der Waals surface area contributed by atoms with E-state index >= 15 is 0 Å². The lowest BCUT2D eigenvalue weighted by Gasteiger charge is -2.05. The average molecular weight is 229 g/mol. The van der Waals surface area contributed by atoms with E-state index in [0.29, 0.717) is 6.54 Å². The number of carbonyl (C=O) groups is 1. The summed E-state index contributed by atoms with van der Waals surface area (Å²) in [5.74, 6) is 0.0213. The van der Waals surface area contributed by atoms with Gasteiger partial charge in [0.25, 0.3) is 5.91 Å². The van der Waals surface area contributed by atoms with Gasteiger partial charge in [0, 0.05) is 30.5 Å². The van der Waals surface area contributed by atoms with E-state index in [1.807, 2.05) is 18.2 Å². The maximum atomic E-state index is 11.9. The van der Waals surface area contributed by atoms with Gasteiger partial charge < -0.3 is 15.6 Å². The number of aromatic nitrogens is 1. The molecule has 0 saturated heterocycles. The summed E-state index contributed by atoms with van der Waals surface area (Å²) in [6, 6.07) is 8.08. The van der Waals surface area contributed by atoms with E-state index in [1.165, 1.54) is 0 Å². The lowest BCUT2D eigenvalue weighted by Crippen LogP contribution is -2.22. The molecule has 1 aromatic carbocycles. The number of hydrogen-bond acceptors (Lipinski definition) is 2. The molecule has 2 aromatic rings. The van der Waals surface area contributed by atoms with Crippen LogP contribution >= 0.6 is 0 Å². The Kier molecular flexibility index (Phi) is 2.37. The summed E-state index contributed by atoms with van der Waals surface area (Å²) in [6.07, 6.45) is 0.968. The molecule has 1 aliphatic heterocycles. The molecule has 0 bridgehead atoms. The minimum Gasteiger partial charge on any atom is -0.351 e. The quantitative estimate of drug-likeness (QED) is 0.772. The lowest BCUT2D eigenvalue weighted by atomic mass is 10.1. The lowest BCUT2D eigenvalue weighted by molar-refractivity contribution is 0.0951. The van der Waals surface area contributed by atoms with Crippen molar-refractivity contribution in [3.05, 3.63) is 35.5 Å². The molecule has 1 amide bonds. The minimum atomic E-state index is 0.0213. The maximum Gasteiger partial charge on any atom is 0.267 e. The highest BCUT2D eigenvalue weighted by Gasteiger charge is 2.17. The Morgan fingerprint density at radius 3 is 3.06 bits per heavy atom. The van der Waals surface area contributed by atoms with Crippen molar-refractivity contribution < 1.29 is 4.79 Å². The first kappa shape index (κ1) is 10.4. The highest BCUT2D eigenvalue weighted by atomic mass is 16.1. The average Bonchev–Trinajstić information content (AvgIpc) is 2.62.